The molecule has 5 nitrogen and oxygen atoms in total. The number of aliphatic hydroxyl groups excluding tert-OH is 1. The zero-order valence-electron chi connectivity index (χ0n) is 14.9. The summed E-state index contributed by atoms with van der Waals surface area (Å²) >= 11 is 0. The lowest BCUT2D eigenvalue weighted by Crippen LogP contribution is -2.55. The molecule has 26 heavy (non-hydrogen) atoms. The largest absolute Gasteiger partial charge is 0.416 e. The topological polar surface area (TPSA) is 60.9 Å². The monoisotopic (exact) mass is 394 g/mol. The molecule has 1 aromatic rings. The van der Waals surface area contributed by atoms with Gasteiger partial charge in [0.25, 0.3) is 0 Å². The second-order valence-corrected chi connectivity index (χ2v) is 8.88. The van der Waals surface area contributed by atoms with E-state index in [1.54, 1.807) is 0 Å². The molecule has 1 fully saturated rings. The maximum absolute atomic E-state index is 12.9. The third-order valence-electron chi connectivity index (χ3n) is 4.43. The van der Waals surface area contributed by atoms with Crippen LogP contribution in [0.15, 0.2) is 29.2 Å². The average Bonchev–Trinajstić information content (AvgIpc) is 2.55. The summed E-state index contributed by atoms with van der Waals surface area (Å²) in [7, 11) is -4.02. The number of hydrogen-bond acceptors (Lipinski definition) is 4. The van der Waals surface area contributed by atoms with Gasteiger partial charge in [-0.2, -0.15) is 17.5 Å². The summed E-state index contributed by atoms with van der Waals surface area (Å²) in [5.41, 5.74) is -0.982. The van der Waals surface area contributed by atoms with Crippen molar-refractivity contribution in [2.45, 2.75) is 37.4 Å². The minimum atomic E-state index is -4.60. The number of nitrogens with zero attached hydrogens (tertiary/aromatic N) is 2. The first kappa shape index (κ1) is 21.1. The van der Waals surface area contributed by atoms with Crippen molar-refractivity contribution in [3.05, 3.63) is 29.8 Å². The molecule has 1 heterocycles. The highest BCUT2D eigenvalue weighted by Crippen LogP contribution is 2.31. The second kappa shape index (κ2) is 8.24. The van der Waals surface area contributed by atoms with E-state index in [0.717, 1.165) is 18.7 Å². The average molecular weight is 394 g/mol. The minimum absolute atomic E-state index is 0.0727. The fourth-order valence-corrected chi connectivity index (χ4v) is 4.71. The third-order valence-corrected chi connectivity index (χ3v) is 6.29. The van der Waals surface area contributed by atoms with E-state index in [1.807, 2.05) is 0 Å². The number of halogens is 3. The molecule has 2 rings (SSSR count). The fraction of sp³-hybridized carbons (Fsp3) is 0.647. The van der Waals surface area contributed by atoms with Crippen LogP contribution >= 0.6 is 0 Å². The molecule has 0 spiro atoms. The lowest BCUT2D eigenvalue weighted by molar-refractivity contribution is -0.137. The van der Waals surface area contributed by atoms with E-state index in [-0.39, 0.29) is 30.6 Å². The number of rotatable bonds is 6. The van der Waals surface area contributed by atoms with Crippen molar-refractivity contribution in [1.29, 1.82) is 0 Å². The molecule has 1 saturated heterocycles. The molecule has 9 heteroatoms. The Morgan fingerprint density at radius 1 is 1.27 bits per heavy atom. The van der Waals surface area contributed by atoms with Gasteiger partial charge < -0.3 is 5.11 Å². The van der Waals surface area contributed by atoms with Crippen molar-refractivity contribution in [3.8, 4) is 0 Å². The van der Waals surface area contributed by atoms with Crippen LogP contribution in [-0.4, -0.2) is 61.6 Å². The lowest BCUT2D eigenvalue weighted by atomic mass is 10.1. The lowest BCUT2D eigenvalue weighted by Gasteiger charge is -2.41. The van der Waals surface area contributed by atoms with Crippen molar-refractivity contribution in [3.63, 3.8) is 0 Å². The van der Waals surface area contributed by atoms with Gasteiger partial charge in [-0.3, -0.25) is 4.90 Å². The molecule has 1 aliphatic heterocycles. The van der Waals surface area contributed by atoms with Crippen LogP contribution in [0.3, 0.4) is 0 Å². The Labute approximate surface area is 152 Å². The SMILES string of the molecule is CC(C)CN1CCN(S(=O)(=O)c2cccc(C(F)(F)F)c2)CC1CCO. The van der Waals surface area contributed by atoms with Gasteiger partial charge in [0.2, 0.25) is 10.0 Å². The molecular formula is C17H25F3N2O3S. The maximum Gasteiger partial charge on any atom is 0.416 e. The predicted octanol–water partition coefficient (Wildman–Crippen LogP) is 2.42. The Morgan fingerprint density at radius 2 is 1.96 bits per heavy atom. The van der Waals surface area contributed by atoms with E-state index in [1.165, 1.54) is 10.4 Å². The Bertz CT molecular complexity index is 707. The fourth-order valence-electron chi connectivity index (χ4n) is 3.20. The van der Waals surface area contributed by atoms with Crippen molar-refractivity contribution in [1.82, 2.24) is 9.21 Å². The zero-order chi connectivity index (χ0) is 19.5. The van der Waals surface area contributed by atoms with Crippen LogP contribution in [0, 0.1) is 5.92 Å². The Kier molecular flexibility index (Phi) is 6.70. The zero-order valence-corrected chi connectivity index (χ0v) is 15.7. The molecule has 1 atom stereocenters. The molecule has 0 bridgehead atoms. The molecule has 1 N–H and O–H groups in total. The number of sulfonamides is 1. The molecule has 0 amide bonds. The smallest absolute Gasteiger partial charge is 0.396 e. The molecular weight excluding hydrogens is 369 g/mol. The molecule has 0 aromatic heterocycles. The van der Waals surface area contributed by atoms with Crippen molar-refractivity contribution in [2.75, 3.05) is 32.8 Å². The maximum atomic E-state index is 12.9. The van der Waals surface area contributed by atoms with E-state index in [9.17, 15) is 26.7 Å². The van der Waals surface area contributed by atoms with Crippen LogP contribution in [0.5, 0.6) is 0 Å². The predicted molar refractivity (Wildman–Crippen MR) is 92.1 cm³/mol. The number of piperazine rings is 1. The van der Waals surface area contributed by atoms with Crippen molar-refractivity contribution < 1.29 is 26.7 Å². The van der Waals surface area contributed by atoms with Gasteiger partial charge in [-0.25, -0.2) is 8.42 Å². The first-order chi connectivity index (χ1) is 12.1. The number of alkyl halides is 3. The van der Waals surface area contributed by atoms with Crippen LogP contribution in [-0.2, 0) is 16.2 Å². The molecule has 0 aliphatic carbocycles. The molecule has 1 unspecified atom stereocenters. The Morgan fingerprint density at radius 3 is 2.54 bits per heavy atom. The second-order valence-electron chi connectivity index (χ2n) is 6.94. The van der Waals surface area contributed by atoms with Crippen LogP contribution in [0.2, 0.25) is 0 Å². The highest BCUT2D eigenvalue weighted by atomic mass is 32.2. The van der Waals surface area contributed by atoms with Crippen LogP contribution in [0.25, 0.3) is 0 Å². The first-order valence-corrected chi connectivity index (χ1v) is 10.0. The summed E-state index contributed by atoms with van der Waals surface area (Å²) in [5, 5.41) is 9.28. The highest BCUT2D eigenvalue weighted by Gasteiger charge is 2.36. The van der Waals surface area contributed by atoms with Gasteiger partial charge in [0, 0.05) is 38.8 Å². The van der Waals surface area contributed by atoms with E-state index >= 15 is 0 Å². The van der Waals surface area contributed by atoms with Crippen molar-refractivity contribution in [2.24, 2.45) is 5.92 Å². The van der Waals surface area contributed by atoms with Gasteiger partial charge in [-0.15, -0.1) is 0 Å². The summed E-state index contributed by atoms with van der Waals surface area (Å²) in [6, 6.07) is 3.67. The van der Waals surface area contributed by atoms with Crippen LogP contribution in [0.4, 0.5) is 13.2 Å². The number of benzene rings is 1. The molecule has 1 aromatic carbocycles. The minimum Gasteiger partial charge on any atom is -0.396 e. The van der Waals surface area contributed by atoms with Crippen molar-refractivity contribution >= 4 is 10.0 Å². The van der Waals surface area contributed by atoms with Crippen LogP contribution in [0.1, 0.15) is 25.8 Å². The first-order valence-electron chi connectivity index (χ1n) is 8.58. The van der Waals surface area contributed by atoms with Gasteiger partial charge in [-0.05, 0) is 30.5 Å². The van der Waals surface area contributed by atoms with E-state index in [4.69, 9.17) is 0 Å². The molecule has 148 valence electrons. The summed E-state index contributed by atoms with van der Waals surface area (Å²) in [5.74, 6) is 0.391. The van der Waals surface area contributed by atoms with Gasteiger partial charge in [-0.1, -0.05) is 19.9 Å². The summed E-state index contributed by atoms with van der Waals surface area (Å²) in [4.78, 5) is 1.78. The summed E-state index contributed by atoms with van der Waals surface area (Å²) in [6.07, 6.45) is -4.18. The third kappa shape index (κ3) is 4.97. The Balaban J connectivity index is 2.24. The van der Waals surface area contributed by atoms with Gasteiger partial charge in [0.1, 0.15) is 0 Å². The standard InChI is InChI=1S/C17H25F3N2O3S/c1-13(2)11-21-7-8-22(12-15(21)6-9-23)26(24,25)16-5-3-4-14(10-16)17(18,19)20/h3-5,10,13,15,23H,6-9,11-12H2,1-2H3. The van der Waals surface area contributed by atoms with E-state index in [0.29, 0.717) is 24.9 Å². The highest BCUT2D eigenvalue weighted by molar-refractivity contribution is 7.89. The van der Waals surface area contributed by atoms with Crippen LogP contribution < -0.4 is 0 Å². The Hall–Kier alpha value is -1.16. The van der Waals surface area contributed by atoms with Gasteiger partial charge >= 0.3 is 6.18 Å². The van der Waals surface area contributed by atoms with E-state index in [2.05, 4.69) is 18.7 Å². The summed E-state index contributed by atoms with van der Waals surface area (Å²) in [6.45, 7) is 5.68. The number of aliphatic hydroxyl groups is 1. The molecule has 0 saturated carbocycles. The quantitative estimate of drug-likeness (QED) is 0.805. The number of hydrogen-bond donors (Lipinski definition) is 1. The molecule has 1 aliphatic rings. The molecule has 0 radical (unpaired) electrons. The van der Waals surface area contributed by atoms with Gasteiger partial charge in [0.05, 0.1) is 10.5 Å². The normalized spacial score (nSPS) is 20.7. The summed E-state index contributed by atoms with van der Waals surface area (Å²) < 4.78 is 65.5. The van der Waals surface area contributed by atoms with E-state index < -0.39 is 21.8 Å². The van der Waals surface area contributed by atoms with Gasteiger partial charge in [0.15, 0.2) is 0 Å².